The Labute approximate surface area is 131 Å². The molecule has 0 atom stereocenters. The minimum Gasteiger partial charge on any atom is -0.484 e. The molecule has 22 heavy (non-hydrogen) atoms. The molecule has 0 aromatic heterocycles. The van der Waals surface area contributed by atoms with Crippen molar-refractivity contribution in [3.8, 4) is 5.75 Å². The second-order valence-electron chi connectivity index (χ2n) is 4.53. The van der Waals surface area contributed by atoms with E-state index in [1.807, 2.05) is 18.2 Å². The van der Waals surface area contributed by atoms with Gasteiger partial charge in [-0.05, 0) is 19.1 Å². The number of esters is 1. The van der Waals surface area contributed by atoms with Crippen LogP contribution in [0.3, 0.4) is 0 Å². The third-order valence-corrected chi connectivity index (χ3v) is 2.91. The Hall–Kier alpha value is -2.08. The summed E-state index contributed by atoms with van der Waals surface area (Å²) in [5.41, 5.74) is 0. The number of para-hydroxylation sites is 1. The van der Waals surface area contributed by atoms with E-state index in [0.29, 0.717) is 32.1 Å². The van der Waals surface area contributed by atoms with Gasteiger partial charge in [-0.1, -0.05) is 18.2 Å². The average Bonchev–Trinajstić information content (AvgIpc) is 2.54. The summed E-state index contributed by atoms with van der Waals surface area (Å²) in [4.78, 5) is 25.1. The summed E-state index contributed by atoms with van der Waals surface area (Å²) in [6.07, 6.45) is 0.161. The lowest BCUT2D eigenvalue weighted by atomic mass is 10.3. The van der Waals surface area contributed by atoms with Gasteiger partial charge in [0.25, 0.3) is 5.91 Å². The third-order valence-electron chi connectivity index (χ3n) is 2.91. The van der Waals surface area contributed by atoms with Crippen LogP contribution in [0.5, 0.6) is 5.75 Å². The van der Waals surface area contributed by atoms with Crippen molar-refractivity contribution in [3.05, 3.63) is 30.3 Å². The molecule has 0 heterocycles. The van der Waals surface area contributed by atoms with E-state index in [4.69, 9.17) is 14.2 Å². The van der Waals surface area contributed by atoms with Crippen molar-refractivity contribution in [2.24, 2.45) is 0 Å². The lowest BCUT2D eigenvalue weighted by Gasteiger charge is -2.22. The number of carbonyl (C=O) groups excluding carboxylic acids is 2. The summed E-state index contributed by atoms with van der Waals surface area (Å²) in [5, 5.41) is 0. The summed E-state index contributed by atoms with van der Waals surface area (Å²) in [6.45, 7) is 3.12. The number of nitrogens with zero attached hydrogens (tertiary/aromatic N) is 1. The molecule has 1 aromatic rings. The van der Waals surface area contributed by atoms with E-state index in [1.54, 1.807) is 31.1 Å². The first kappa shape index (κ1) is 18.0. The Bertz CT molecular complexity index is 449. The van der Waals surface area contributed by atoms with Crippen LogP contribution in [0.4, 0.5) is 0 Å². The maximum atomic E-state index is 12.2. The second kappa shape index (κ2) is 10.6. The zero-order valence-corrected chi connectivity index (χ0v) is 13.1. The van der Waals surface area contributed by atoms with Gasteiger partial charge in [-0.15, -0.1) is 0 Å². The third kappa shape index (κ3) is 7.08. The normalized spacial score (nSPS) is 10.1. The van der Waals surface area contributed by atoms with E-state index < -0.39 is 0 Å². The zero-order chi connectivity index (χ0) is 16.2. The van der Waals surface area contributed by atoms with E-state index in [9.17, 15) is 9.59 Å². The van der Waals surface area contributed by atoms with Crippen molar-refractivity contribution in [3.63, 3.8) is 0 Å². The molecule has 0 fully saturated rings. The SMILES string of the molecule is CCOC(=O)CCN(CCOC)C(=O)COc1ccccc1. The molecule has 0 aliphatic rings. The average molecular weight is 309 g/mol. The van der Waals surface area contributed by atoms with E-state index in [2.05, 4.69) is 0 Å². The molecule has 0 saturated heterocycles. The highest BCUT2D eigenvalue weighted by molar-refractivity contribution is 5.78. The first-order valence-corrected chi connectivity index (χ1v) is 7.27. The number of carbonyl (C=O) groups is 2. The topological polar surface area (TPSA) is 65.1 Å². The van der Waals surface area contributed by atoms with Crippen LogP contribution in [-0.4, -0.2) is 56.8 Å². The lowest BCUT2D eigenvalue weighted by molar-refractivity contribution is -0.144. The Morgan fingerprint density at radius 2 is 1.86 bits per heavy atom. The quantitative estimate of drug-likeness (QED) is 0.613. The largest absolute Gasteiger partial charge is 0.484 e. The first-order chi connectivity index (χ1) is 10.7. The molecule has 0 saturated carbocycles. The van der Waals surface area contributed by atoms with Gasteiger partial charge < -0.3 is 19.1 Å². The van der Waals surface area contributed by atoms with Crippen molar-refractivity contribution >= 4 is 11.9 Å². The number of rotatable bonds is 10. The fourth-order valence-electron chi connectivity index (χ4n) is 1.78. The molecular formula is C16H23NO5. The summed E-state index contributed by atoms with van der Waals surface area (Å²) < 4.78 is 15.3. The molecule has 0 spiro atoms. The number of hydrogen-bond donors (Lipinski definition) is 0. The van der Waals surface area contributed by atoms with Crippen LogP contribution in [-0.2, 0) is 19.1 Å². The molecule has 1 rings (SSSR count). The number of methoxy groups -OCH3 is 1. The molecular weight excluding hydrogens is 286 g/mol. The molecule has 0 aliphatic carbocycles. The van der Waals surface area contributed by atoms with Crippen LogP contribution in [0.15, 0.2) is 30.3 Å². The molecule has 6 nitrogen and oxygen atoms in total. The second-order valence-corrected chi connectivity index (χ2v) is 4.53. The van der Waals surface area contributed by atoms with Gasteiger partial charge in [0.1, 0.15) is 5.75 Å². The van der Waals surface area contributed by atoms with Crippen molar-refractivity contribution < 1.29 is 23.8 Å². The fraction of sp³-hybridized carbons (Fsp3) is 0.500. The summed E-state index contributed by atoms with van der Waals surface area (Å²) in [7, 11) is 1.56. The van der Waals surface area contributed by atoms with E-state index >= 15 is 0 Å². The molecule has 0 aliphatic heterocycles. The lowest BCUT2D eigenvalue weighted by Crippen LogP contribution is -2.38. The maximum Gasteiger partial charge on any atom is 0.307 e. The van der Waals surface area contributed by atoms with Crippen LogP contribution < -0.4 is 4.74 Å². The Kier molecular flexibility index (Phi) is 8.67. The van der Waals surface area contributed by atoms with Gasteiger partial charge in [0.05, 0.1) is 19.6 Å². The van der Waals surface area contributed by atoms with E-state index in [0.717, 1.165) is 0 Å². The highest BCUT2D eigenvalue weighted by atomic mass is 16.5. The van der Waals surface area contributed by atoms with Gasteiger partial charge in [0.15, 0.2) is 6.61 Å². The maximum absolute atomic E-state index is 12.2. The van der Waals surface area contributed by atoms with Gasteiger partial charge in [0, 0.05) is 20.2 Å². The van der Waals surface area contributed by atoms with Crippen molar-refractivity contribution in [2.45, 2.75) is 13.3 Å². The standard InChI is InChI=1S/C16H23NO5/c1-3-21-16(19)9-10-17(11-12-20-2)15(18)13-22-14-7-5-4-6-8-14/h4-8H,3,9-13H2,1-2H3. The number of hydrogen-bond acceptors (Lipinski definition) is 5. The van der Waals surface area contributed by atoms with Gasteiger partial charge >= 0.3 is 5.97 Å². The Balaban J connectivity index is 2.46. The summed E-state index contributed by atoms with van der Waals surface area (Å²) in [6, 6.07) is 9.11. The Morgan fingerprint density at radius 3 is 2.50 bits per heavy atom. The number of benzene rings is 1. The minimum atomic E-state index is -0.318. The van der Waals surface area contributed by atoms with Gasteiger partial charge in [0.2, 0.25) is 0 Å². The van der Waals surface area contributed by atoms with Crippen LogP contribution in [0.2, 0.25) is 0 Å². The minimum absolute atomic E-state index is 0.0729. The number of ether oxygens (including phenoxy) is 3. The van der Waals surface area contributed by atoms with Gasteiger partial charge in [-0.25, -0.2) is 0 Å². The van der Waals surface area contributed by atoms with E-state index in [1.165, 1.54) is 0 Å². The van der Waals surface area contributed by atoms with Gasteiger partial charge in [-0.3, -0.25) is 9.59 Å². The number of amides is 1. The smallest absolute Gasteiger partial charge is 0.307 e. The zero-order valence-electron chi connectivity index (χ0n) is 13.1. The molecule has 122 valence electrons. The molecule has 0 unspecified atom stereocenters. The predicted molar refractivity (Wildman–Crippen MR) is 81.6 cm³/mol. The molecule has 6 heteroatoms. The van der Waals surface area contributed by atoms with Crippen molar-refractivity contribution in [1.29, 1.82) is 0 Å². The molecule has 0 radical (unpaired) electrons. The monoisotopic (exact) mass is 309 g/mol. The van der Waals surface area contributed by atoms with Crippen LogP contribution in [0, 0.1) is 0 Å². The highest BCUT2D eigenvalue weighted by Crippen LogP contribution is 2.08. The molecule has 1 amide bonds. The van der Waals surface area contributed by atoms with Crippen LogP contribution in [0.1, 0.15) is 13.3 Å². The molecule has 0 bridgehead atoms. The fourth-order valence-corrected chi connectivity index (χ4v) is 1.78. The molecule has 1 aromatic carbocycles. The summed E-state index contributed by atoms with van der Waals surface area (Å²) in [5.74, 6) is 0.125. The first-order valence-electron chi connectivity index (χ1n) is 7.27. The van der Waals surface area contributed by atoms with Crippen molar-refractivity contribution in [2.75, 3.05) is 40.0 Å². The predicted octanol–water partition coefficient (Wildman–Crippen LogP) is 1.49. The Morgan fingerprint density at radius 1 is 1.14 bits per heavy atom. The summed E-state index contributed by atoms with van der Waals surface area (Å²) >= 11 is 0. The van der Waals surface area contributed by atoms with Gasteiger partial charge in [-0.2, -0.15) is 0 Å². The molecule has 0 N–H and O–H groups in total. The van der Waals surface area contributed by atoms with E-state index in [-0.39, 0.29) is 24.9 Å². The van der Waals surface area contributed by atoms with Crippen LogP contribution >= 0.6 is 0 Å². The van der Waals surface area contributed by atoms with Crippen LogP contribution in [0.25, 0.3) is 0 Å². The highest BCUT2D eigenvalue weighted by Gasteiger charge is 2.16. The van der Waals surface area contributed by atoms with Crippen molar-refractivity contribution in [1.82, 2.24) is 4.90 Å².